The third kappa shape index (κ3) is 3.74. The fourth-order valence-electron chi connectivity index (χ4n) is 2.78. The van der Waals surface area contributed by atoms with Crippen LogP contribution in [0.4, 0.5) is 0 Å². The van der Waals surface area contributed by atoms with Crippen LogP contribution in [0.25, 0.3) is 0 Å². The lowest BCUT2D eigenvalue weighted by Crippen LogP contribution is -2.46. The fraction of sp³-hybridized carbons (Fsp3) is 0.294. The molecule has 1 aliphatic rings. The highest BCUT2D eigenvalue weighted by molar-refractivity contribution is 9.11. The van der Waals surface area contributed by atoms with E-state index in [1.54, 1.807) is 37.3 Å². The van der Waals surface area contributed by atoms with Gasteiger partial charge < -0.3 is 15.3 Å². The minimum Gasteiger partial charge on any atom is -0.394 e. The number of aliphatic hydroxyl groups is 1. The molecule has 0 saturated carbocycles. The molecule has 132 valence electrons. The van der Waals surface area contributed by atoms with Crippen molar-refractivity contribution in [3.05, 3.63) is 55.1 Å². The molecule has 0 spiro atoms. The lowest BCUT2D eigenvalue weighted by molar-refractivity contribution is -0.126. The van der Waals surface area contributed by atoms with E-state index in [9.17, 15) is 14.7 Å². The summed E-state index contributed by atoms with van der Waals surface area (Å²) in [5.41, 5.74) is 1.36. The van der Waals surface area contributed by atoms with Crippen molar-refractivity contribution in [1.82, 2.24) is 10.2 Å². The van der Waals surface area contributed by atoms with Crippen LogP contribution in [0, 0.1) is 0 Å². The van der Waals surface area contributed by atoms with Gasteiger partial charge in [-0.1, -0.05) is 23.7 Å². The monoisotopic (exact) mass is 442 g/mol. The Morgan fingerprint density at radius 2 is 2.24 bits per heavy atom. The molecule has 5 nitrogen and oxygen atoms in total. The topological polar surface area (TPSA) is 69.6 Å². The molecule has 0 fully saturated rings. The first-order valence-corrected chi connectivity index (χ1v) is 9.65. The number of aliphatic hydroxyl groups excluding tert-OH is 1. The number of benzene rings is 1. The van der Waals surface area contributed by atoms with E-state index in [0.29, 0.717) is 22.7 Å². The Morgan fingerprint density at radius 1 is 1.48 bits per heavy atom. The number of carbonyl (C=O) groups is 2. The number of nitrogens with one attached hydrogen (secondary N) is 1. The molecule has 2 N–H and O–H groups in total. The fourth-order valence-corrected chi connectivity index (χ4v) is 4.67. The van der Waals surface area contributed by atoms with E-state index in [2.05, 4.69) is 21.2 Å². The first kappa shape index (κ1) is 18.4. The summed E-state index contributed by atoms with van der Waals surface area (Å²) >= 11 is 10.8. The number of halogens is 2. The maximum atomic E-state index is 12.6. The van der Waals surface area contributed by atoms with E-state index in [1.165, 1.54) is 16.2 Å². The number of thiophene rings is 1. The number of amides is 2. The Morgan fingerprint density at radius 3 is 2.88 bits per heavy atom. The molecule has 1 aromatic heterocycles. The molecule has 0 unspecified atom stereocenters. The highest BCUT2D eigenvalue weighted by Gasteiger charge is 2.36. The van der Waals surface area contributed by atoms with E-state index >= 15 is 0 Å². The number of fused-ring (bicyclic) bond motifs is 1. The molecule has 0 bridgehead atoms. The molecule has 1 aliphatic heterocycles. The maximum absolute atomic E-state index is 12.6. The minimum absolute atomic E-state index is 0.150. The Labute approximate surface area is 162 Å². The third-order valence-corrected chi connectivity index (χ3v) is 6.04. The van der Waals surface area contributed by atoms with Crippen molar-refractivity contribution in [3.63, 3.8) is 0 Å². The molecule has 2 aromatic rings. The molecule has 0 aliphatic carbocycles. The van der Waals surface area contributed by atoms with E-state index in [-0.39, 0.29) is 18.4 Å². The Hall–Kier alpha value is -1.41. The van der Waals surface area contributed by atoms with E-state index in [1.807, 2.05) is 0 Å². The molecule has 3 rings (SSSR count). The van der Waals surface area contributed by atoms with Gasteiger partial charge >= 0.3 is 0 Å². The average Bonchev–Trinajstić information content (AvgIpc) is 3.09. The van der Waals surface area contributed by atoms with Crippen LogP contribution >= 0.6 is 38.9 Å². The Bertz CT molecular complexity index is 826. The third-order valence-electron chi connectivity index (χ3n) is 4.18. The molecule has 8 heteroatoms. The van der Waals surface area contributed by atoms with Crippen molar-refractivity contribution in [2.75, 3.05) is 6.61 Å². The summed E-state index contributed by atoms with van der Waals surface area (Å²) in [4.78, 5) is 27.6. The molecule has 0 saturated heterocycles. The van der Waals surface area contributed by atoms with Crippen LogP contribution in [0.2, 0.25) is 5.02 Å². The predicted molar refractivity (Wildman–Crippen MR) is 101 cm³/mol. The van der Waals surface area contributed by atoms with Gasteiger partial charge in [-0.2, -0.15) is 0 Å². The van der Waals surface area contributed by atoms with Gasteiger partial charge in [0.1, 0.15) is 6.04 Å². The minimum atomic E-state index is -0.640. The zero-order chi connectivity index (χ0) is 18.1. The van der Waals surface area contributed by atoms with E-state index in [0.717, 1.165) is 8.66 Å². The van der Waals surface area contributed by atoms with Crippen LogP contribution in [0.5, 0.6) is 0 Å². The Kier molecular flexibility index (Phi) is 5.48. The number of rotatable bonds is 5. The van der Waals surface area contributed by atoms with Gasteiger partial charge in [-0.05, 0) is 46.6 Å². The van der Waals surface area contributed by atoms with Crippen molar-refractivity contribution in [2.45, 2.75) is 25.6 Å². The number of hydrogen-bond donors (Lipinski definition) is 2. The standard InChI is InChI=1S/C17H16BrClN2O3S/c1-9(21-7-14-12(17(21)24)6-15(18)25-14)16(23)20-13(8-22)10-3-2-4-11(19)5-10/h2-6,9,13,22H,7-8H2,1H3,(H,20,23)/t9-,13-/m1/s1. The van der Waals surface area contributed by atoms with Crippen molar-refractivity contribution in [1.29, 1.82) is 0 Å². The predicted octanol–water partition coefficient (Wildman–Crippen LogP) is 3.36. The summed E-state index contributed by atoms with van der Waals surface area (Å²) in [6.45, 7) is 1.85. The van der Waals surface area contributed by atoms with E-state index < -0.39 is 12.1 Å². The van der Waals surface area contributed by atoms with Gasteiger partial charge in [0.05, 0.1) is 28.5 Å². The molecule has 2 atom stereocenters. The maximum Gasteiger partial charge on any atom is 0.256 e. The van der Waals surface area contributed by atoms with Gasteiger partial charge in [0.25, 0.3) is 5.91 Å². The summed E-state index contributed by atoms with van der Waals surface area (Å²) in [5.74, 6) is -0.468. The lowest BCUT2D eigenvalue weighted by atomic mass is 10.1. The highest BCUT2D eigenvalue weighted by Crippen LogP contribution is 2.34. The van der Waals surface area contributed by atoms with Crippen LogP contribution in [-0.4, -0.2) is 34.5 Å². The van der Waals surface area contributed by atoms with Gasteiger partial charge in [0.15, 0.2) is 0 Å². The summed E-state index contributed by atoms with van der Waals surface area (Å²) in [5, 5.41) is 12.9. The molecular weight excluding hydrogens is 428 g/mol. The number of hydrogen-bond acceptors (Lipinski definition) is 4. The van der Waals surface area contributed by atoms with Gasteiger partial charge in [-0.15, -0.1) is 11.3 Å². The smallest absolute Gasteiger partial charge is 0.256 e. The van der Waals surface area contributed by atoms with Crippen LogP contribution in [-0.2, 0) is 11.3 Å². The second kappa shape index (κ2) is 7.45. The van der Waals surface area contributed by atoms with Gasteiger partial charge in [-0.3, -0.25) is 9.59 Å². The molecule has 25 heavy (non-hydrogen) atoms. The van der Waals surface area contributed by atoms with Crippen LogP contribution in [0.1, 0.15) is 33.8 Å². The zero-order valence-electron chi connectivity index (χ0n) is 13.3. The van der Waals surface area contributed by atoms with Gasteiger partial charge in [-0.25, -0.2) is 0 Å². The van der Waals surface area contributed by atoms with Crippen molar-refractivity contribution in [3.8, 4) is 0 Å². The highest BCUT2D eigenvalue weighted by atomic mass is 79.9. The number of carbonyl (C=O) groups excluding carboxylic acids is 2. The second-order valence-corrected chi connectivity index (χ2v) is 8.75. The lowest BCUT2D eigenvalue weighted by Gasteiger charge is -2.26. The second-order valence-electron chi connectivity index (χ2n) is 5.80. The van der Waals surface area contributed by atoms with Crippen molar-refractivity contribution < 1.29 is 14.7 Å². The largest absolute Gasteiger partial charge is 0.394 e. The van der Waals surface area contributed by atoms with E-state index in [4.69, 9.17) is 11.6 Å². The van der Waals surface area contributed by atoms with Crippen molar-refractivity contribution in [2.24, 2.45) is 0 Å². The molecule has 2 amide bonds. The molecule has 0 radical (unpaired) electrons. The first-order chi connectivity index (χ1) is 11.9. The van der Waals surface area contributed by atoms with Crippen LogP contribution < -0.4 is 5.32 Å². The zero-order valence-corrected chi connectivity index (χ0v) is 16.5. The SMILES string of the molecule is C[C@H](C(=O)N[C@H](CO)c1cccc(Cl)c1)N1Cc2sc(Br)cc2C1=O. The summed E-state index contributed by atoms with van der Waals surface area (Å²) in [6.07, 6.45) is 0. The van der Waals surface area contributed by atoms with Gasteiger partial charge in [0.2, 0.25) is 5.91 Å². The number of nitrogens with zero attached hydrogens (tertiary/aromatic N) is 1. The van der Waals surface area contributed by atoms with Crippen LogP contribution in [0.15, 0.2) is 34.1 Å². The molecule has 2 heterocycles. The normalized spacial score (nSPS) is 15.8. The van der Waals surface area contributed by atoms with Crippen LogP contribution in [0.3, 0.4) is 0 Å². The first-order valence-electron chi connectivity index (χ1n) is 7.66. The van der Waals surface area contributed by atoms with Crippen molar-refractivity contribution >= 4 is 50.7 Å². The molecule has 1 aromatic carbocycles. The quantitative estimate of drug-likeness (QED) is 0.744. The molecular formula is C17H16BrClN2O3S. The summed E-state index contributed by atoms with van der Waals surface area (Å²) in [6, 6.07) is 7.54. The van der Waals surface area contributed by atoms with Gasteiger partial charge in [0, 0.05) is 9.90 Å². The Balaban J connectivity index is 1.70. The summed E-state index contributed by atoms with van der Waals surface area (Å²) in [7, 11) is 0. The average molecular weight is 444 g/mol. The summed E-state index contributed by atoms with van der Waals surface area (Å²) < 4.78 is 0.906.